The predicted molar refractivity (Wildman–Crippen MR) is 68.5 cm³/mol. The van der Waals surface area contributed by atoms with Gasteiger partial charge in [0.15, 0.2) is 0 Å². The average molecular weight is 218 g/mol. The number of hydrogen-bond donors (Lipinski definition) is 1. The number of rotatable bonds is 4. The van der Waals surface area contributed by atoms with Gasteiger partial charge in [-0.25, -0.2) is 0 Å². The SMILES string of the molecule is Cc1ccc(C(CN)N(C)C2CC2)cc1C. The summed E-state index contributed by atoms with van der Waals surface area (Å²) in [5.74, 6) is 0. The molecule has 2 rings (SSSR count). The number of benzene rings is 1. The van der Waals surface area contributed by atoms with Crippen molar-refractivity contribution in [2.45, 2.75) is 38.8 Å². The molecule has 0 amide bonds. The van der Waals surface area contributed by atoms with Crippen LogP contribution in [-0.2, 0) is 0 Å². The smallest absolute Gasteiger partial charge is 0.0470 e. The van der Waals surface area contributed by atoms with Gasteiger partial charge < -0.3 is 5.73 Å². The van der Waals surface area contributed by atoms with Gasteiger partial charge in [0.1, 0.15) is 0 Å². The van der Waals surface area contributed by atoms with E-state index < -0.39 is 0 Å². The van der Waals surface area contributed by atoms with Crippen LogP contribution >= 0.6 is 0 Å². The highest BCUT2D eigenvalue weighted by molar-refractivity contribution is 5.32. The Labute approximate surface area is 98.4 Å². The van der Waals surface area contributed by atoms with Crippen LogP contribution in [0.25, 0.3) is 0 Å². The third-order valence-corrected chi connectivity index (χ3v) is 3.75. The van der Waals surface area contributed by atoms with Crippen LogP contribution in [0.3, 0.4) is 0 Å². The van der Waals surface area contributed by atoms with Crippen molar-refractivity contribution in [3.05, 3.63) is 34.9 Å². The number of nitrogens with zero attached hydrogens (tertiary/aromatic N) is 1. The lowest BCUT2D eigenvalue weighted by atomic mass is 10.00. The lowest BCUT2D eigenvalue weighted by molar-refractivity contribution is 0.240. The van der Waals surface area contributed by atoms with Crippen molar-refractivity contribution in [3.8, 4) is 0 Å². The molecule has 1 aliphatic rings. The molecule has 1 saturated carbocycles. The van der Waals surface area contributed by atoms with Crippen LogP contribution in [0.1, 0.15) is 35.6 Å². The van der Waals surface area contributed by atoms with Gasteiger partial charge in [0.25, 0.3) is 0 Å². The Kier molecular flexibility index (Phi) is 3.31. The van der Waals surface area contributed by atoms with Gasteiger partial charge >= 0.3 is 0 Å². The van der Waals surface area contributed by atoms with Crippen LogP contribution in [0, 0.1) is 13.8 Å². The molecule has 0 heterocycles. The van der Waals surface area contributed by atoms with Crippen LogP contribution in [0.5, 0.6) is 0 Å². The van der Waals surface area contributed by atoms with Gasteiger partial charge in [0.05, 0.1) is 0 Å². The first-order valence-corrected chi connectivity index (χ1v) is 6.12. The molecule has 1 fully saturated rings. The molecular formula is C14H22N2. The Bertz CT molecular complexity index is 369. The molecule has 1 aliphatic carbocycles. The second kappa shape index (κ2) is 4.56. The molecule has 16 heavy (non-hydrogen) atoms. The molecule has 0 aromatic heterocycles. The highest BCUT2D eigenvalue weighted by Crippen LogP contribution is 2.32. The van der Waals surface area contributed by atoms with E-state index in [1.807, 2.05) is 0 Å². The molecule has 2 nitrogen and oxygen atoms in total. The first-order valence-electron chi connectivity index (χ1n) is 6.12. The first kappa shape index (κ1) is 11.6. The van der Waals surface area contributed by atoms with Crippen molar-refractivity contribution in [1.29, 1.82) is 0 Å². The Morgan fingerprint density at radius 3 is 2.50 bits per heavy atom. The lowest BCUT2D eigenvalue weighted by Gasteiger charge is -2.27. The molecule has 1 unspecified atom stereocenters. The Morgan fingerprint density at radius 1 is 1.31 bits per heavy atom. The van der Waals surface area contributed by atoms with Gasteiger partial charge in [0.2, 0.25) is 0 Å². The minimum Gasteiger partial charge on any atom is -0.329 e. The molecule has 0 radical (unpaired) electrons. The second-order valence-electron chi connectivity index (χ2n) is 4.99. The largest absolute Gasteiger partial charge is 0.329 e. The maximum absolute atomic E-state index is 5.92. The second-order valence-corrected chi connectivity index (χ2v) is 4.99. The number of nitrogens with two attached hydrogens (primary N) is 1. The van der Waals surface area contributed by atoms with Crippen molar-refractivity contribution < 1.29 is 0 Å². The molecule has 1 aromatic carbocycles. The zero-order valence-corrected chi connectivity index (χ0v) is 10.5. The number of aryl methyl sites for hydroxylation is 2. The number of hydrogen-bond acceptors (Lipinski definition) is 2. The summed E-state index contributed by atoms with van der Waals surface area (Å²) in [6, 6.07) is 7.85. The van der Waals surface area contributed by atoms with Gasteiger partial charge in [-0.2, -0.15) is 0 Å². The fourth-order valence-corrected chi connectivity index (χ4v) is 2.25. The molecule has 0 spiro atoms. The first-order chi connectivity index (χ1) is 7.63. The zero-order chi connectivity index (χ0) is 11.7. The van der Waals surface area contributed by atoms with E-state index in [0.29, 0.717) is 12.6 Å². The van der Waals surface area contributed by atoms with Crippen molar-refractivity contribution >= 4 is 0 Å². The summed E-state index contributed by atoms with van der Waals surface area (Å²) in [6.45, 7) is 5.03. The topological polar surface area (TPSA) is 29.3 Å². The van der Waals surface area contributed by atoms with E-state index in [0.717, 1.165) is 6.04 Å². The summed E-state index contributed by atoms with van der Waals surface area (Å²) >= 11 is 0. The molecule has 2 N–H and O–H groups in total. The third-order valence-electron chi connectivity index (χ3n) is 3.75. The summed E-state index contributed by atoms with van der Waals surface area (Å²) in [7, 11) is 2.20. The van der Waals surface area contributed by atoms with E-state index in [1.54, 1.807) is 0 Å². The van der Waals surface area contributed by atoms with E-state index in [9.17, 15) is 0 Å². The Morgan fingerprint density at radius 2 is 2.00 bits per heavy atom. The molecule has 1 atom stereocenters. The van der Waals surface area contributed by atoms with Gasteiger partial charge in [-0.3, -0.25) is 4.90 Å². The lowest BCUT2D eigenvalue weighted by Crippen LogP contribution is -2.32. The molecule has 0 saturated heterocycles. The quantitative estimate of drug-likeness (QED) is 0.841. The van der Waals surface area contributed by atoms with Gasteiger partial charge in [-0.1, -0.05) is 18.2 Å². The monoisotopic (exact) mass is 218 g/mol. The number of likely N-dealkylation sites (N-methyl/N-ethyl adjacent to an activating group) is 1. The predicted octanol–water partition coefficient (Wildman–Crippen LogP) is 2.40. The minimum absolute atomic E-state index is 0.381. The normalized spacial score (nSPS) is 17.8. The van der Waals surface area contributed by atoms with E-state index >= 15 is 0 Å². The molecular weight excluding hydrogens is 196 g/mol. The van der Waals surface area contributed by atoms with Gasteiger partial charge in [-0.05, 0) is 50.4 Å². The van der Waals surface area contributed by atoms with Crippen LogP contribution in [0.15, 0.2) is 18.2 Å². The zero-order valence-electron chi connectivity index (χ0n) is 10.5. The van der Waals surface area contributed by atoms with E-state index in [2.05, 4.69) is 44.0 Å². The van der Waals surface area contributed by atoms with Gasteiger partial charge in [0, 0.05) is 18.6 Å². The minimum atomic E-state index is 0.381. The summed E-state index contributed by atoms with van der Waals surface area (Å²) in [5, 5.41) is 0. The molecule has 0 bridgehead atoms. The maximum atomic E-state index is 5.92. The van der Waals surface area contributed by atoms with Crippen molar-refractivity contribution in [2.24, 2.45) is 5.73 Å². The Hall–Kier alpha value is -0.860. The van der Waals surface area contributed by atoms with Gasteiger partial charge in [-0.15, -0.1) is 0 Å². The standard InChI is InChI=1S/C14H22N2/c1-10-4-5-12(8-11(10)2)14(9-15)16(3)13-6-7-13/h4-5,8,13-14H,6-7,9,15H2,1-3H3. The van der Waals surface area contributed by atoms with Crippen molar-refractivity contribution in [3.63, 3.8) is 0 Å². The molecule has 1 aromatic rings. The van der Waals surface area contributed by atoms with Crippen LogP contribution in [0.4, 0.5) is 0 Å². The fraction of sp³-hybridized carbons (Fsp3) is 0.571. The van der Waals surface area contributed by atoms with Crippen LogP contribution in [-0.4, -0.2) is 24.5 Å². The third kappa shape index (κ3) is 2.28. The highest BCUT2D eigenvalue weighted by atomic mass is 15.2. The fourth-order valence-electron chi connectivity index (χ4n) is 2.25. The summed E-state index contributed by atoms with van der Waals surface area (Å²) in [4.78, 5) is 2.43. The summed E-state index contributed by atoms with van der Waals surface area (Å²) in [6.07, 6.45) is 2.66. The van der Waals surface area contributed by atoms with E-state index in [4.69, 9.17) is 5.73 Å². The maximum Gasteiger partial charge on any atom is 0.0470 e. The van der Waals surface area contributed by atoms with Crippen LogP contribution in [0.2, 0.25) is 0 Å². The van der Waals surface area contributed by atoms with Crippen molar-refractivity contribution in [1.82, 2.24) is 4.90 Å². The summed E-state index contributed by atoms with van der Waals surface area (Å²) in [5.41, 5.74) is 10.00. The van der Waals surface area contributed by atoms with Crippen LogP contribution < -0.4 is 5.73 Å². The van der Waals surface area contributed by atoms with E-state index in [1.165, 1.54) is 29.5 Å². The molecule has 2 heteroatoms. The molecule has 88 valence electrons. The average Bonchev–Trinajstić information content (AvgIpc) is 3.07. The summed E-state index contributed by atoms with van der Waals surface area (Å²) < 4.78 is 0. The van der Waals surface area contributed by atoms with E-state index in [-0.39, 0.29) is 0 Å². The molecule has 0 aliphatic heterocycles. The van der Waals surface area contributed by atoms with Crippen molar-refractivity contribution in [2.75, 3.05) is 13.6 Å². The Balaban J connectivity index is 2.21. The highest BCUT2D eigenvalue weighted by Gasteiger charge is 2.31.